The number of thioether (sulfide) groups is 1. The Hall–Kier alpha value is -6.40. The fraction of sp³-hybridized carbons (Fsp3) is 0.300. The lowest BCUT2D eigenvalue weighted by molar-refractivity contribution is -0.689. The van der Waals surface area contributed by atoms with E-state index < -0.39 is 71.0 Å². The molecular formula is C30H32N11O11S2+. The molecule has 5 rings (SSSR count). The number of nitrogens with zero attached hydrogens (tertiary/aromatic N) is 6. The normalized spacial score (nSPS) is 19.2. The van der Waals surface area contributed by atoms with Crippen LogP contribution in [0.5, 0.6) is 0 Å². The first-order valence-corrected chi connectivity index (χ1v) is 17.6. The predicted molar refractivity (Wildman–Crippen MR) is 187 cm³/mol. The maximum absolute atomic E-state index is 13.2. The number of carboxylic acids is 2. The van der Waals surface area contributed by atoms with E-state index >= 15 is 0 Å². The van der Waals surface area contributed by atoms with Crippen LogP contribution >= 0.6 is 23.1 Å². The number of oxime groups is 1. The van der Waals surface area contributed by atoms with Crippen LogP contribution in [-0.2, 0) is 44.9 Å². The van der Waals surface area contributed by atoms with Gasteiger partial charge in [0.15, 0.2) is 10.8 Å². The number of nitrogens with two attached hydrogens (primary N) is 2. The SMILES string of the molecule is C[C@H](O/N=C(\C(=O)N[C@@H]1C(=O)N2C(C(=O)O)=C(/C=C/C[n+]3cnc(N)c(NCCNC(=O)C4=CC(=O)C(=O)CN4O)c3)CS[C@H]12)c1csc(N)n1)C(=O)O. The molecule has 0 aliphatic carbocycles. The van der Waals surface area contributed by atoms with E-state index in [1.165, 1.54) is 30.4 Å². The van der Waals surface area contributed by atoms with Gasteiger partial charge in [0, 0.05) is 30.3 Å². The highest BCUT2D eigenvalue weighted by molar-refractivity contribution is 8.00. The minimum absolute atomic E-state index is 0.0141. The molecule has 0 saturated carbocycles. The summed E-state index contributed by atoms with van der Waals surface area (Å²) >= 11 is 2.20. The van der Waals surface area contributed by atoms with Crippen LogP contribution in [0.15, 0.2) is 58.3 Å². The van der Waals surface area contributed by atoms with Crippen molar-refractivity contribution in [2.24, 2.45) is 5.16 Å². The van der Waals surface area contributed by atoms with E-state index in [1.54, 1.807) is 22.9 Å². The van der Waals surface area contributed by atoms with E-state index in [-0.39, 0.29) is 53.4 Å². The number of thiazole rings is 1. The van der Waals surface area contributed by atoms with Crippen LogP contribution in [-0.4, -0.2) is 125 Å². The highest BCUT2D eigenvalue weighted by Gasteiger charge is 2.54. The molecule has 1 fully saturated rings. The van der Waals surface area contributed by atoms with Gasteiger partial charge in [-0.25, -0.2) is 24.2 Å². The molecule has 24 heteroatoms. The Bertz CT molecular complexity index is 2050. The molecule has 0 bridgehead atoms. The first-order chi connectivity index (χ1) is 25.7. The topological polar surface area (TPSA) is 326 Å². The number of anilines is 3. The summed E-state index contributed by atoms with van der Waals surface area (Å²) in [5.41, 5.74) is 11.3. The number of rotatable bonds is 15. The maximum Gasteiger partial charge on any atom is 0.352 e. The van der Waals surface area contributed by atoms with Crippen molar-refractivity contribution in [2.45, 2.75) is 31.0 Å². The number of hydroxylamine groups is 2. The molecule has 54 heavy (non-hydrogen) atoms. The van der Waals surface area contributed by atoms with Crippen LogP contribution < -0.4 is 32.0 Å². The van der Waals surface area contributed by atoms with E-state index in [1.807, 2.05) is 0 Å². The Kier molecular flexibility index (Phi) is 11.9. The van der Waals surface area contributed by atoms with E-state index in [2.05, 4.69) is 31.1 Å². The van der Waals surface area contributed by atoms with E-state index in [9.17, 15) is 43.9 Å². The summed E-state index contributed by atoms with van der Waals surface area (Å²) < 4.78 is 1.63. The molecule has 0 aromatic carbocycles. The number of nitrogen functional groups attached to an aromatic ring is 2. The number of fused-ring (bicyclic) bond motifs is 1. The Morgan fingerprint density at radius 2 is 1.96 bits per heavy atom. The highest BCUT2D eigenvalue weighted by Crippen LogP contribution is 2.40. The van der Waals surface area contributed by atoms with Crippen molar-refractivity contribution in [2.75, 3.05) is 42.2 Å². The first-order valence-electron chi connectivity index (χ1n) is 15.6. The molecule has 3 aliphatic heterocycles. The number of aliphatic carboxylic acids is 2. The van der Waals surface area contributed by atoms with Crippen molar-refractivity contribution in [3.8, 4) is 0 Å². The van der Waals surface area contributed by atoms with Crippen molar-refractivity contribution in [1.82, 2.24) is 30.6 Å². The second-order valence-electron chi connectivity index (χ2n) is 11.5. The lowest BCUT2D eigenvalue weighted by atomic mass is 10.0. The summed E-state index contributed by atoms with van der Waals surface area (Å²) in [4.78, 5) is 99.4. The van der Waals surface area contributed by atoms with Gasteiger partial charge < -0.3 is 42.5 Å². The lowest BCUT2D eigenvalue weighted by Gasteiger charge is -2.49. The van der Waals surface area contributed by atoms with Gasteiger partial charge in [-0.3, -0.25) is 34.1 Å². The standard InChI is InChI=1S/C30H31N11O11S2/c1-13(28(47)48)52-38-20(16-11-54-30(32)36-16)25(45)37-21-26(46)41-22(29(49)50)14(10-53-27(21)41)3-2-6-39-8-15(23(31)35-12-39)33-4-5-34-24(44)17-7-18(42)19(43)9-40(17)51/h2-3,7-8,11-13,21,27,31,33,51H,4-6,9-10H2,1H3,(H6,32,34,36,37,44,45,47,48,49,50)/p+1/b3-2+,38-20-/t13-,21+,27+/m0/s1. The number of nitrogens with one attached hydrogen (secondary N) is 3. The van der Waals surface area contributed by atoms with Crippen molar-refractivity contribution >= 4 is 86.7 Å². The average molecular weight is 787 g/mol. The van der Waals surface area contributed by atoms with E-state index in [0.29, 0.717) is 16.3 Å². The summed E-state index contributed by atoms with van der Waals surface area (Å²) in [6.07, 6.45) is 5.61. The van der Waals surface area contributed by atoms with E-state index in [0.717, 1.165) is 22.3 Å². The van der Waals surface area contributed by atoms with Crippen LogP contribution in [0.4, 0.5) is 16.6 Å². The van der Waals surface area contributed by atoms with Gasteiger partial charge in [0.05, 0.1) is 0 Å². The van der Waals surface area contributed by atoms with Gasteiger partial charge in [0.2, 0.25) is 17.7 Å². The summed E-state index contributed by atoms with van der Waals surface area (Å²) in [6.45, 7) is 0.979. The molecule has 22 nitrogen and oxygen atoms in total. The van der Waals surface area contributed by atoms with Crippen LogP contribution in [0, 0.1) is 0 Å². The summed E-state index contributed by atoms with van der Waals surface area (Å²) in [5, 5.41) is 41.7. The Morgan fingerprint density at radius 1 is 1.20 bits per heavy atom. The minimum Gasteiger partial charge on any atom is -0.478 e. The van der Waals surface area contributed by atoms with Crippen LogP contribution in [0.1, 0.15) is 12.6 Å². The molecule has 3 atom stereocenters. The number of carbonyl (C=O) groups excluding carboxylic acids is 5. The second kappa shape index (κ2) is 16.5. The van der Waals surface area contributed by atoms with Gasteiger partial charge in [0.1, 0.15) is 53.5 Å². The number of allylic oxidation sites excluding steroid dienone is 3. The van der Waals surface area contributed by atoms with E-state index in [4.69, 9.17) is 21.4 Å². The molecular weight excluding hydrogens is 755 g/mol. The highest BCUT2D eigenvalue weighted by atomic mass is 32.2. The largest absolute Gasteiger partial charge is 0.478 e. The summed E-state index contributed by atoms with van der Waals surface area (Å²) in [7, 11) is 0. The Labute approximate surface area is 312 Å². The number of carbonyl (C=O) groups is 7. The summed E-state index contributed by atoms with van der Waals surface area (Å²) in [6, 6.07) is -1.14. The molecule has 0 unspecified atom stereocenters. The monoisotopic (exact) mass is 786 g/mol. The molecule has 10 N–H and O–H groups in total. The van der Waals surface area contributed by atoms with Gasteiger partial charge in [-0.1, -0.05) is 11.2 Å². The number of hydrogen-bond acceptors (Lipinski definition) is 18. The van der Waals surface area contributed by atoms with Crippen molar-refractivity contribution in [3.63, 3.8) is 0 Å². The average Bonchev–Trinajstić information content (AvgIpc) is 3.56. The maximum atomic E-state index is 13.2. The number of aromatic nitrogens is 3. The first kappa shape index (κ1) is 38.8. The van der Waals surface area contributed by atoms with Gasteiger partial charge in [-0.2, -0.15) is 0 Å². The lowest BCUT2D eigenvalue weighted by Crippen LogP contribution is -2.71. The number of β-lactam (4-membered cyclic amide) rings is 1. The molecule has 1 saturated heterocycles. The number of carboxylic acid groups (broad SMARTS) is 2. The van der Waals surface area contributed by atoms with Crippen molar-refractivity contribution in [1.29, 1.82) is 0 Å². The fourth-order valence-corrected chi connectivity index (χ4v) is 6.87. The zero-order valence-electron chi connectivity index (χ0n) is 28.0. The fourth-order valence-electron chi connectivity index (χ4n) is 5.01. The Morgan fingerprint density at radius 3 is 2.65 bits per heavy atom. The molecule has 284 valence electrons. The zero-order chi connectivity index (χ0) is 39.3. The smallest absolute Gasteiger partial charge is 0.352 e. The molecule has 2 aromatic heterocycles. The summed E-state index contributed by atoms with van der Waals surface area (Å²) in [5.74, 6) is -6.51. The third-order valence-corrected chi connectivity index (χ3v) is 9.72. The van der Waals surface area contributed by atoms with Gasteiger partial charge in [0.25, 0.3) is 29.9 Å². The quantitative estimate of drug-likeness (QED) is 0.0230. The molecule has 2 aromatic rings. The van der Waals surface area contributed by atoms with Gasteiger partial charge >= 0.3 is 11.9 Å². The second-order valence-corrected chi connectivity index (χ2v) is 13.5. The number of ketones is 2. The predicted octanol–water partition coefficient (Wildman–Crippen LogP) is -2.57. The van der Waals surface area contributed by atoms with Gasteiger partial charge in [-0.05, 0) is 23.6 Å². The number of Topliss-reactive ketones (excluding diaryl/α,β-unsaturated/α-hetero) is 1. The number of hydrogen-bond donors (Lipinski definition) is 8. The molecule has 3 aliphatic rings. The van der Waals surface area contributed by atoms with Crippen LogP contribution in [0.25, 0.3) is 0 Å². The van der Waals surface area contributed by atoms with Crippen LogP contribution in [0.3, 0.4) is 0 Å². The van der Waals surface area contributed by atoms with Crippen molar-refractivity contribution in [3.05, 3.63) is 58.8 Å². The zero-order valence-corrected chi connectivity index (χ0v) is 29.6. The third kappa shape index (κ3) is 8.62. The minimum atomic E-state index is -1.40. The van der Waals surface area contributed by atoms with Crippen LogP contribution in [0.2, 0.25) is 0 Å². The van der Waals surface area contributed by atoms with Gasteiger partial charge in [-0.15, -0.1) is 23.1 Å². The third-order valence-electron chi connectivity index (χ3n) is 7.74. The van der Waals surface area contributed by atoms with Crippen molar-refractivity contribution < 1.29 is 58.4 Å². The molecule has 0 spiro atoms. The number of amides is 3. The molecule has 3 amide bonds. The molecule has 5 heterocycles. The Balaban J connectivity index is 1.19. The molecule has 0 radical (unpaired) electrons.